The van der Waals surface area contributed by atoms with E-state index in [-0.39, 0.29) is 0 Å². The second-order valence-electron chi connectivity index (χ2n) is 6.48. The molecule has 0 radical (unpaired) electrons. The molecular formula is C16H32N2O. The summed E-state index contributed by atoms with van der Waals surface area (Å²) >= 11 is 0. The van der Waals surface area contributed by atoms with Crippen LogP contribution >= 0.6 is 0 Å². The van der Waals surface area contributed by atoms with Gasteiger partial charge in [-0.3, -0.25) is 4.90 Å². The number of likely N-dealkylation sites (tertiary alicyclic amines) is 1. The highest BCUT2D eigenvalue weighted by Crippen LogP contribution is 2.32. The van der Waals surface area contributed by atoms with Gasteiger partial charge in [0.05, 0.1) is 0 Å². The van der Waals surface area contributed by atoms with Crippen molar-refractivity contribution in [3.05, 3.63) is 0 Å². The Morgan fingerprint density at radius 1 is 1.11 bits per heavy atom. The second-order valence-corrected chi connectivity index (χ2v) is 6.48. The van der Waals surface area contributed by atoms with Gasteiger partial charge in [0.2, 0.25) is 0 Å². The Kier molecular flexibility index (Phi) is 6.11. The quantitative estimate of drug-likeness (QED) is 0.829. The maximum atomic E-state index is 5.31. The van der Waals surface area contributed by atoms with Gasteiger partial charge >= 0.3 is 0 Å². The minimum absolute atomic E-state index is 0.710. The molecule has 19 heavy (non-hydrogen) atoms. The van der Waals surface area contributed by atoms with Crippen molar-refractivity contribution in [2.45, 2.75) is 57.5 Å². The van der Waals surface area contributed by atoms with Crippen LogP contribution in [-0.2, 0) is 4.74 Å². The van der Waals surface area contributed by atoms with Crippen LogP contribution in [0.1, 0.15) is 45.4 Å². The highest BCUT2D eigenvalue weighted by molar-refractivity contribution is 4.92. The molecular weight excluding hydrogens is 236 g/mol. The minimum Gasteiger partial charge on any atom is -0.384 e. The molecule has 0 aromatic heterocycles. The molecule has 2 rings (SSSR count). The molecule has 1 aliphatic carbocycles. The minimum atomic E-state index is 0.710. The van der Waals surface area contributed by atoms with Crippen molar-refractivity contribution in [1.82, 2.24) is 10.2 Å². The summed E-state index contributed by atoms with van der Waals surface area (Å²) in [6, 6.07) is 1.48. The van der Waals surface area contributed by atoms with E-state index in [1.165, 1.54) is 51.6 Å². The molecule has 1 saturated carbocycles. The zero-order valence-electron chi connectivity index (χ0n) is 13.0. The molecule has 2 aliphatic rings. The van der Waals surface area contributed by atoms with Gasteiger partial charge in [-0.15, -0.1) is 0 Å². The fraction of sp³-hybridized carbons (Fsp3) is 1.00. The normalized spacial score (nSPS) is 34.6. The number of ether oxygens (including phenoxy) is 1. The van der Waals surface area contributed by atoms with E-state index in [4.69, 9.17) is 4.74 Å². The van der Waals surface area contributed by atoms with Crippen LogP contribution in [0.2, 0.25) is 0 Å². The summed E-state index contributed by atoms with van der Waals surface area (Å²) in [5.74, 6) is 1.74. The van der Waals surface area contributed by atoms with E-state index in [1.54, 1.807) is 0 Å². The summed E-state index contributed by atoms with van der Waals surface area (Å²) in [4.78, 5) is 2.76. The van der Waals surface area contributed by atoms with E-state index in [0.717, 1.165) is 24.5 Å². The van der Waals surface area contributed by atoms with Gasteiger partial charge in [0, 0.05) is 25.8 Å². The van der Waals surface area contributed by atoms with Gasteiger partial charge in [-0.05, 0) is 64.1 Å². The summed E-state index contributed by atoms with van der Waals surface area (Å²) in [6.07, 6.45) is 8.16. The molecule has 0 aromatic rings. The van der Waals surface area contributed by atoms with Crippen molar-refractivity contribution < 1.29 is 4.74 Å². The molecule has 0 spiro atoms. The number of methoxy groups -OCH3 is 1. The SMILES string of the molecule is CCC1CCC(NC)C(N2CCC(COC)CC2)C1. The predicted molar refractivity (Wildman–Crippen MR) is 80.4 cm³/mol. The van der Waals surface area contributed by atoms with Crippen molar-refractivity contribution in [2.75, 3.05) is 33.9 Å². The third-order valence-electron chi connectivity index (χ3n) is 5.39. The van der Waals surface area contributed by atoms with Gasteiger partial charge < -0.3 is 10.1 Å². The molecule has 2 fully saturated rings. The molecule has 3 nitrogen and oxygen atoms in total. The van der Waals surface area contributed by atoms with Crippen molar-refractivity contribution in [1.29, 1.82) is 0 Å². The molecule has 1 saturated heterocycles. The number of piperidine rings is 1. The lowest BCUT2D eigenvalue weighted by Crippen LogP contribution is -2.54. The van der Waals surface area contributed by atoms with Crippen LogP contribution in [-0.4, -0.2) is 50.8 Å². The first-order valence-electron chi connectivity index (χ1n) is 8.18. The fourth-order valence-corrected chi connectivity index (χ4v) is 4.03. The predicted octanol–water partition coefficient (Wildman–Crippen LogP) is 2.51. The molecule has 0 bridgehead atoms. The molecule has 1 N–H and O–H groups in total. The van der Waals surface area contributed by atoms with Gasteiger partial charge in [-0.1, -0.05) is 13.3 Å². The van der Waals surface area contributed by atoms with Crippen LogP contribution in [0.3, 0.4) is 0 Å². The Balaban J connectivity index is 1.88. The number of nitrogens with one attached hydrogen (secondary N) is 1. The molecule has 0 amide bonds. The summed E-state index contributed by atoms with van der Waals surface area (Å²) in [6.45, 7) is 5.85. The summed E-state index contributed by atoms with van der Waals surface area (Å²) < 4.78 is 5.31. The summed E-state index contributed by atoms with van der Waals surface area (Å²) in [5.41, 5.74) is 0. The van der Waals surface area contributed by atoms with Gasteiger partial charge in [-0.25, -0.2) is 0 Å². The lowest BCUT2D eigenvalue weighted by molar-refractivity contribution is 0.0452. The van der Waals surface area contributed by atoms with Crippen molar-refractivity contribution in [3.8, 4) is 0 Å². The van der Waals surface area contributed by atoms with Gasteiger partial charge in [0.15, 0.2) is 0 Å². The monoisotopic (exact) mass is 268 g/mol. The standard InChI is InChI=1S/C16H32N2O/c1-4-13-5-6-15(17-2)16(11-13)18-9-7-14(8-10-18)12-19-3/h13-17H,4-12H2,1-3H3. The maximum Gasteiger partial charge on any atom is 0.0491 e. The molecule has 112 valence electrons. The number of hydrogen-bond acceptors (Lipinski definition) is 3. The first-order chi connectivity index (χ1) is 9.28. The third kappa shape index (κ3) is 3.93. The highest BCUT2D eigenvalue weighted by Gasteiger charge is 2.34. The van der Waals surface area contributed by atoms with Crippen LogP contribution in [0.5, 0.6) is 0 Å². The van der Waals surface area contributed by atoms with Crippen molar-refractivity contribution >= 4 is 0 Å². The van der Waals surface area contributed by atoms with Gasteiger partial charge in [0.25, 0.3) is 0 Å². The van der Waals surface area contributed by atoms with E-state index in [0.29, 0.717) is 6.04 Å². The zero-order chi connectivity index (χ0) is 13.7. The van der Waals surface area contributed by atoms with Crippen molar-refractivity contribution in [2.24, 2.45) is 11.8 Å². The van der Waals surface area contributed by atoms with E-state index in [9.17, 15) is 0 Å². The number of nitrogens with zero attached hydrogens (tertiary/aromatic N) is 1. The Morgan fingerprint density at radius 3 is 2.42 bits per heavy atom. The van der Waals surface area contributed by atoms with E-state index < -0.39 is 0 Å². The Morgan fingerprint density at radius 2 is 1.84 bits per heavy atom. The average Bonchev–Trinajstić information content (AvgIpc) is 2.47. The van der Waals surface area contributed by atoms with Crippen LogP contribution in [0.25, 0.3) is 0 Å². The first kappa shape index (κ1) is 15.3. The third-order valence-corrected chi connectivity index (χ3v) is 5.39. The van der Waals surface area contributed by atoms with Crippen molar-refractivity contribution in [3.63, 3.8) is 0 Å². The van der Waals surface area contributed by atoms with E-state index >= 15 is 0 Å². The molecule has 0 aromatic carbocycles. The average molecular weight is 268 g/mol. The van der Waals surface area contributed by atoms with E-state index in [2.05, 4.69) is 24.2 Å². The van der Waals surface area contributed by atoms with Crippen LogP contribution in [0.4, 0.5) is 0 Å². The summed E-state index contributed by atoms with van der Waals surface area (Å²) in [5, 5.41) is 3.57. The molecule has 1 aliphatic heterocycles. The Bertz CT molecular complexity index is 251. The number of hydrogen-bond donors (Lipinski definition) is 1. The topological polar surface area (TPSA) is 24.5 Å². The summed E-state index contributed by atoms with van der Waals surface area (Å²) in [7, 11) is 3.97. The second kappa shape index (κ2) is 7.61. The first-order valence-corrected chi connectivity index (χ1v) is 8.18. The zero-order valence-corrected chi connectivity index (χ0v) is 13.0. The molecule has 3 atom stereocenters. The van der Waals surface area contributed by atoms with Gasteiger partial charge in [0.1, 0.15) is 0 Å². The van der Waals surface area contributed by atoms with Crippen LogP contribution in [0, 0.1) is 11.8 Å². The Hall–Kier alpha value is -0.120. The molecule has 3 heteroatoms. The molecule has 1 heterocycles. The fourth-order valence-electron chi connectivity index (χ4n) is 4.03. The van der Waals surface area contributed by atoms with E-state index in [1.807, 2.05) is 7.11 Å². The number of likely N-dealkylation sites (N-methyl/N-ethyl adjacent to an activating group) is 1. The largest absolute Gasteiger partial charge is 0.384 e. The molecule has 3 unspecified atom stereocenters. The van der Waals surface area contributed by atoms with Gasteiger partial charge in [-0.2, -0.15) is 0 Å². The van der Waals surface area contributed by atoms with Crippen LogP contribution in [0.15, 0.2) is 0 Å². The van der Waals surface area contributed by atoms with Crippen LogP contribution < -0.4 is 5.32 Å². The maximum absolute atomic E-state index is 5.31. The highest BCUT2D eigenvalue weighted by atomic mass is 16.5. The lowest BCUT2D eigenvalue weighted by atomic mass is 9.79. The smallest absolute Gasteiger partial charge is 0.0491 e. The Labute approximate surface area is 119 Å². The number of rotatable bonds is 5. The lowest BCUT2D eigenvalue weighted by Gasteiger charge is -2.45.